The Labute approximate surface area is 96.1 Å². The molecule has 0 aliphatic heterocycles. The average molecular weight is 215 g/mol. The van der Waals surface area contributed by atoms with Crippen molar-refractivity contribution >= 4 is 5.82 Å². The lowest BCUT2D eigenvalue weighted by molar-refractivity contribution is 0.769. The third-order valence-corrected chi connectivity index (χ3v) is 2.58. The maximum atomic E-state index is 4.12. The zero-order chi connectivity index (χ0) is 11.5. The predicted octanol–water partition coefficient (Wildman–Crippen LogP) is 2.65. The van der Waals surface area contributed by atoms with Crippen LogP contribution in [0.15, 0.2) is 30.5 Å². The van der Waals surface area contributed by atoms with Crippen molar-refractivity contribution in [3.63, 3.8) is 0 Å². The van der Waals surface area contributed by atoms with Crippen LogP contribution < -0.4 is 5.32 Å². The van der Waals surface area contributed by atoms with Crippen molar-refractivity contribution in [2.24, 2.45) is 7.05 Å². The Morgan fingerprint density at radius 1 is 1.19 bits per heavy atom. The second-order valence-corrected chi connectivity index (χ2v) is 4.19. The molecule has 0 atom stereocenters. The van der Waals surface area contributed by atoms with Crippen LogP contribution in [0.2, 0.25) is 0 Å². The van der Waals surface area contributed by atoms with Crippen molar-refractivity contribution < 1.29 is 0 Å². The highest BCUT2D eigenvalue weighted by molar-refractivity contribution is 5.36. The molecule has 0 aliphatic rings. The second-order valence-electron chi connectivity index (χ2n) is 4.19. The van der Waals surface area contributed by atoms with Gasteiger partial charge in [0.25, 0.3) is 0 Å². The summed E-state index contributed by atoms with van der Waals surface area (Å²) in [5.74, 6) is 1.04. The topological polar surface area (TPSA) is 29.9 Å². The van der Waals surface area contributed by atoms with Crippen molar-refractivity contribution in [2.45, 2.75) is 20.4 Å². The number of nitrogens with one attached hydrogen (secondary N) is 1. The molecule has 1 heterocycles. The maximum Gasteiger partial charge on any atom is 0.124 e. The van der Waals surface area contributed by atoms with Gasteiger partial charge in [0.15, 0.2) is 0 Å². The number of anilines is 1. The number of rotatable bonds is 3. The highest BCUT2D eigenvalue weighted by Crippen LogP contribution is 2.11. The molecule has 16 heavy (non-hydrogen) atoms. The highest BCUT2D eigenvalue weighted by atomic mass is 15.3. The van der Waals surface area contributed by atoms with Gasteiger partial charge in [-0.2, -0.15) is 5.10 Å². The molecule has 84 valence electrons. The van der Waals surface area contributed by atoms with Gasteiger partial charge in [-0.25, -0.2) is 0 Å². The summed E-state index contributed by atoms with van der Waals surface area (Å²) in [6.45, 7) is 5.09. The lowest BCUT2D eigenvalue weighted by atomic mass is 10.1. The van der Waals surface area contributed by atoms with E-state index in [4.69, 9.17) is 0 Å². The molecular weight excluding hydrogens is 198 g/mol. The number of hydrogen-bond donors (Lipinski definition) is 1. The first-order valence-electron chi connectivity index (χ1n) is 5.44. The fraction of sp³-hybridized carbons (Fsp3) is 0.308. The fourth-order valence-electron chi connectivity index (χ4n) is 1.91. The Morgan fingerprint density at radius 3 is 2.44 bits per heavy atom. The minimum absolute atomic E-state index is 0.835. The van der Waals surface area contributed by atoms with Gasteiger partial charge < -0.3 is 5.32 Å². The molecule has 3 heteroatoms. The minimum atomic E-state index is 0.835. The molecule has 0 unspecified atom stereocenters. The lowest BCUT2D eigenvalue weighted by Crippen LogP contribution is -2.04. The van der Waals surface area contributed by atoms with Crippen LogP contribution in [0, 0.1) is 13.8 Å². The molecule has 0 spiro atoms. The average Bonchev–Trinajstić information content (AvgIpc) is 2.59. The standard InChI is InChI=1S/C13H17N3/c1-10-6-11(2)8-12(7-10)9-14-13-4-5-15-16(13)3/h4-8,14H,9H2,1-3H3. The van der Waals surface area contributed by atoms with Crippen molar-refractivity contribution in [2.75, 3.05) is 5.32 Å². The van der Waals surface area contributed by atoms with E-state index >= 15 is 0 Å². The minimum Gasteiger partial charge on any atom is -0.366 e. The summed E-state index contributed by atoms with van der Waals surface area (Å²) in [4.78, 5) is 0. The summed E-state index contributed by atoms with van der Waals surface area (Å²) in [7, 11) is 1.93. The van der Waals surface area contributed by atoms with Crippen LogP contribution in [0.3, 0.4) is 0 Å². The molecule has 0 saturated carbocycles. The zero-order valence-corrected chi connectivity index (χ0v) is 9.99. The SMILES string of the molecule is Cc1cc(C)cc(CNc2ccnn2C)c1. The van der Waals surface area contributed by atoms with Gasteiger partial charge in [-0.05, 0) is 19.4 Å². The van der Waals surface area contributed by atoms with Crippen molar-refractivity contribution in [1.82, 2.24) is 9.78 Å². The summed E-state index contributed by atoms with van der Waals surface area (Å²) in [5, 5.41) is 7.48. The Hall–Kier alpha value is -1.77. The first kappa shape index (κ1) is 10.7. The first-order valence-corrected chi connectivity index (χ1v) is 5.44. The fourth-order valence-corrected chi connectivity index (χ4v) is 1.91. The number of nitrogens with zero attached hydrogens (tertiary/aromatic N) is 2. The Morgan fingerprint density at radius 2 is 1.88 bits per heavy atom. The number of aryl methyl sites for hydroxylation is 3. The molecule has 0 bridgehead atoms. The summed E-state index contributed by atoms with van der Waals surface area (Å²) < 4.78 is 1.84. The van der Waals surface area contributed by atoms with E-state index in [0.717, 1.165) is 12.4 Å². The van der Waals surface area contributed by atoms with Crippen molar-refractivity contribution in [3.05, 3.63) is 47.2 Å². The number of hydrogen-bond acceptors (Lipinski definition) is 2. The van der Waals surface area contributed by atoms with Crippen LogP contribution in [0.4, 0.5) is 5.82 Å². The molecule has 0 aliphatic carbocycles. The molecule has 3 nitrogen and oxygen atoms in total. The van der Waals surface area contributed by atoms with Crippen LogP contribution in [0.5, 0.6) is 0 Å². The smallest absolute Gasteiger partial charge is 0.124 e. The molecule has 0 amide bonds. The molecular formula is C13H17N3. The third-order valence-electron chi connectivity index (χ3n) is 2.58. The third kappa shape index (κ3) is 2.42. The molecule has 2 aromatic rings. The monoisotopic (exact) mass is 215 g/mol. The van der Waals surface area contributed by atoms with E-state index in [1.807, 2.05) is 17.8 Å². The van der Waals surface area contributed by atoms with Crippen LogP contribution >= 0.6 is 0 Å². The molecule has 0 fully saturated rings. The van der Waals surface area contributed by atoms with Gasteiger partial charge >= 0.3 is 0 Å². The van der Waals surface area contributed by atoms with E-state index in [1.165, 1.54) is 16.7 Å². The maximum absolute atomic E-state index is 4.12. The van der Waals surface area contributed by atoms with E-state index in [2.05, 4.69) is 42.5 Å². The lowest BCUT2D eigenvalue weighted by Gasteiger charge is -2.08. The predicted molar refractivity (Wildman–Crippen MR) is 66.5 cm³/mol. The van der Waals surface area contributed by atoms with Gasteiger partial charge in [0.05, 0.1) is 6.20 Å². The Bertz CT molecular complexity index is 465. The van der Waals surface area contributed by atoms with Crippen LogP contribution in [-0.2, 0) is 13.6 Å². The Kier molecular flexibility index (Phi) is 2.95. The molecule has 0 saturated heterocycles. The van der Waals surface area contributed by atoms with Crippen molar-refractivity contribution in [1.29, 1.82) is 0 Å². The summed E-state index contributed by atoms with van der Waals surface area (Å²) in [6, 6.07) is 8.57. The normalized spacial score (nSPS) is 10.4. The molecule has 0 radical (unpaired) electrons. The summed E-state index contributed by atoms with van der Waals surface area (Å²) >= 11 is 0. The molecule has 1 aromatic heterocycles. The quantitative estimate of drug-likeness (QED) is 0.853. The van der Waals surface area contributed by atoms with Gasteiger partial charge in [-0.3, -0.25) is 4.68 Å². The Balaban J connectivity index is 2.07. The molecule has 1 aromatic carbocycles. The summed E-state index contributed by atoms with van der Waals surface area (Å²) in [5.41, 5.74) is 3.92. The molecule has 2 rings (SSSR count). The zero-order valence-electron chi connectivity index (χ0n) is 9.99. The van der Waals surface area contributed by atoms with Crippen LogP contribution in [0.25, 0.3) is 0 Å². The van der Waals surface area contributed by atoms with Gasteiger partial charge in [0.2, 0.25) is 0 Å². The van der Waals surface area contributed by atoms with Gasteiger partial charge in [0.1, 0.15) is 5.82 Å². The first-order chi connectivity index (χ1) is 7.65. The second kappa shape index (κ2) is 4.39. The van der Waals surface area contributed by atoms with Crippen LogP contribution in [-0.4, -0.2) is 9.78 Å². The summed E-state index contributed by atoms with van der Waals surface area (Å²) in [6.07, 6.45) is 1.80. The number of benzene rings is 1. The van der Waals surface area contributed by atoms with Gasteiger partial charge in [-0.1, -0.05) is 29.3 Å². The number of aromatic nitrogens is 2. The van der Waals surface area contributed by atoms with E-state index < -0.39 is 0 Å². The van der Waals surface area contributed by atoms with Gasteiger partial charge in [-0.15, -0.1) is 0 Å². The van der Waals surface area contributed by atoms with Gasteiger partial charge in [0, 0.05) is 19.7 Å². The van der Waals surface area contributed by atoms with E-state index in [1.54, 1.807) is 6.20 Å². The van der Waals surface area contributed by atoms with E-state index in [9.17, 15) is 0 Å². The molecule has 1 N–H and O–H groups in total. The van der Waals surface area contributed by atoms with Crippen LogP contribution in [0.1, 0.15) is 16.7 Å². The van der Waals surface area contributed by atoms with Crippen molar-refractivity contribution in [3.8, 4) is 0 Å². The van der Waals surface area contributed by atoms with E-state index in [-0.39, 0.29) is 0 Å². The van der Waals surface area contributed by atoms with E-state index in [0.29, 0.717) is 0 Å². The largest absolute Gasteiger partial charge is 0.366 e. The highest BCUT2D eigenvalue weighted by Gasteiger charge is 1.99.